The number of rotatable bonds is 6. The van der Waals surface area contributed by atoms with Gasteiger partial charge in [0.25, 0.3) is 0 Å². The zero-order valence-corrected chi connectivity index (χ0v) is 10.6. The van der Waals surface area contributed by atoms with Crippen LogP contribution in [0.4, 0.5) is 13.2 Å². The van der Waals surface area contributed by atoms with Crippen molar-refractivity contribution < 1.29 is 17.9 Å². The van der Waals surface area contributed by atoms with E-state index < -0.39 is 11.7 Å². The van der Waals surface area contributed by atoms with Gasteiger partial charge in [0.05, 0.1) is 11.7 Å². The van der Waals surface area contributed by atoms with Crippen molar-refractivity contribution in [1.29, 1.82) is 0 Å². The molecular weight excluding hydrogens is 243 g/mol. The molecule has 0 aliphatic rings. The van der Waals surface area contributed by atoms with E-state index in [9.17, 15) is 13.2 Å². The first-order valence-corrected chi connectivity index (χ1v) is 5.92. The van der Waals surface area contributed by atoms with Gasteiger partial charge in [-0.05, 0) is 57.6 Å². The first kappa shape index (κ1) is 14.8. The van der Waals surface area contributed by atoms with Crippen molar-refractivity contribution in [3.63, 3.8) is 0 Å². The molecule has 1 atom stereocenters. The van der Waals surface area contributed by atoms with E-state index in [0.29, 0.717) is 5.75 Å². The predicted octanol–water partition coefficient (Wildman–Crippen LogP) is 3.47. The highest BCUT2D eigenvalue weighted by atomic mass is 19.4. The van der Waals surface area contributed by atoms with E-state index in [1.54, 1.807) is 0 Å². The molecule has 5 heteroatoms. The lowest BCUT2D eigenvalue weighted by atomic mass is 10.2. The molecule has 0 fully saturated rings. The number of alkyl halides is 3. The van der Waals surface area contributed by atoms with E-state index in [2.05, 4.69) is 5.32 Å². The fourth-order valence-corrected chi connectivity index (χ4v) is 1.58. The second-order valence-corrected chi connectivity index (χ2v) is 4.20. The normalized spacial score (nSPS) is 13.4. The first-order chi connectivity index (χ1) is 8.43. The summed E-state index contributed by atoms with van der Waals surface area (Å²) in [5.41, 5.74) is -0.655. The van der Waals surface area contributed by atoms with Crippen molar-refractivity contribution in [1.82, 2.24) is 5.32 Å². The molecule has 0 amide bonds. The van der Waals surface area contributed by atoms with Crippen LogP contribution < -0.4 is 10.1 Å². The number of benzene rings is 1. The number of halogens is 3. The zero-order valence-electron chi connectivity index (χ0n) is 10.6. The molecule has 18 heavy (non-hydrogen) atoms. The highest BCUT2D eigenvalue weighted by molar-refractivity contribution is 5.28. The molecule has 1 unspecified atom stereocenters. The summed E-state index contributed by atoms with van der Waals surface area (Å²) in [6, 6.07) is 4.79. The Hall–Kier alpha value is -1.23. The Bertz CT molecular complexity index is 348. The molecule has 1 aromatic rings. The number of hydrogen-bond donors (Lipinski definition) is 1. The van der Waals surface area contributed by atoms with Crippen molar-refractivity contribution in [2.24, 2.45) is 0 Å². The third kappa shape index (κ3) is 4.96. The minimum atomic E-state index is -4.29. The highest BCUT2D eigenvalue weighted by Gasteiger charge is 2.30. The van der Waals surface area contributed by atoms with Crippen LogP contribution in [0.3, 0.4) is 0 Å². The summed E-state index contributed by atoms with van der Waals surface area (Å²) < 4.78 is 42.6. The van der Waals surface area contributed by atoms with Crippen molar-refractivity contribution in [2.45, 2.75) is 32.0 Å². The van der Waals surface area contributed by atoms with Gasteiger partial charge in [0.1, 0.15) is 5.75 Å². The minimum absolute atomic E-state index is 0.00455. The van der Waals surface area contributed by atoms with Gasteiger partial charge >= 0.3 is 6.18 Å². The molecular formula is C13H18F3NO. The van der Waals surface area contributed by atoms with Gasteiger partial charge < -0.3 is 10.1 Å². The molecule has 0 radical (unpaired) electrons. The fourth-order valence-electron chi connectivity index (χ4n) is 1.58. The van der Waals surface area contributed by atoms with Crippen molar-refractivity contribution in [2.75, 3.05) is 13.6 Å². The zero-order chi connectivity index (χ0) is 13.6. The van der Waals surface area contributed by atoms with Crippen LogP contribution in [0.2, 0.25) is 0 Å². The smallest absolute Gasteiger partial charge is 0.416 e. The summed E-state index contributed by atoms with van der Waals surface area (Å²) in [5.74, 6) is 0.472. The molecule has 0 bridgehead atoms. The van der Waals surface area contributed by atoms with Gasteiger partial charge in [0, 0.05) is 0 Å². The first-order valence-electron chi connectivity index (χ1n) is 5.92. The van der Waals surface area contributed by atoms with E-state index >= 15 is 0 Å². The molecule has 0 heterocycles. The van der Waals surface area contributed by atoms with Crippen LogP contribution in [0.1, 0.15) is 25.3 Å². The summed E-state index contributed by atoms with van der Waals surface area (Å²) in [6.07, 6.45) is -2.47. The lowest BCUT2D eigenvalue weighted by Crippen LogP contribution is -2.15. The molecule has 0 aromatic heterocycles. The lowest BCUT2D eigenvalue weighted by Gasteiger charge is -2.15. The molecule has 0 aliphatic carbocycles. The van der Waals surface area contributed by atoms with Crippen LogP contribution in [0.25, 0.3) is 0 Å². The highest BCUT2D eigenvalue weighted by Crippen LogP contribution is 2.30. The maximum atomic E-state index is 12.3. The Labute approximate surface area is 105 Å². The average molecular weight is 261 g/mol. The summed E-state index contributed by atoms with van der Waals surface area (Å²) in [6.45, 7) is 2.81. The third-order valence-electron chi connectivity index (χ3n) is 2.56. The van der Waals surface area contributed by atoms with Gasteiger partial charge in [-0.25, -0.2) is 0 Å². The van der Waals surface area contributed by atoms with Gasteiger partial charge in [-0.1, -0.05) is 0 Å². The third-order valence-corrected chi connectivity index (χ3v) is 2.56. The predicted molar refractivity (Wildman–Crippen MR) is 64.7 cm³/mol. The van der Waals surface area contributed by atoms with Crippen LogP contribution in [0, 0.1) is 0 Å². The lowest BCUT2D eigenvalue weighted by molar-refractivity contribution is -0.137. The number of ether oxygens (including phenoxy) is 1. The summed E-state index contributed by atoms with van der Waals surface area (Å²) >= 11 is 0. The van der Waals surface area contributed by atoms with Crippen molar-refractivity contribution in [3.05, 3.63) is 29.8 Å². The molecule has 1 aromatic carbocycles. The molecule has 102 valence electrons. The molecule has 0 saturated heterocycles. The van der Waals surface area contributed by atoms with Gasteiger partial charge in [-0.2, -0.15) is 13.2 Å². The van der Waals surface area contributed by atoms with Gasteiger partial charge in [0.2, 0.25) is 0 Å². The standard InChI is InChI=1S/C13H18F3NO/c1-10(4-3-9-17-2)18-12-7-5-11(6-8-12)13(14,15)16/h5-8,10,17H,3-4,9H2,1-2H3. The van der Waals surface area contributed by atoms with E-state index in [1.807, 2.05) is 14.0 Å². The Kier molecular flexibility index (Phi) is 5.47. The largest absolute Gasteiger partial charge is 0.491 e. The molecule has 1 N–H and O–H groups in total. The van der Waals surface area contributed by atoms with E-state index in [0.717, 1.165) is 31.5 Å². The van der Waals surface area contributed by atoms with Crippen LogP contribution in [-0.2, 0) is 6.18 Å². The van der Waals surface area contributed by atoms with E-state index in [-0.39, 0.29) is 6.10 Å². The Balaban J connectivity index is 2.48. The quantitative estimate of drug-likeness (QED) is 0.792. The minimum Gasteiger partial charge on any atom is -0.491 e. The number of hydrogen-bond acceptors (Lipinski definition) is 2. The Morgan fingerprint density at radius 2 is 1.83 bits per heavy atom. The molecule has 2 nitrogen and oxygen atoms in total. The SMILES string of the molecule is CNCCCC(C)Oc1ccc(C(F)(F)F)cc1. The maximum absolute atomic E-state index is 12.3. The monoisotopic (exact) mass is 261 g/mol. The van der Waals surface area contributed by atoms with Gasteiger partial charge in [0.15, 0.2) is 0 Å². The maximum Gasteiger partial charge on any atom is 0.416 e. The van der Waals surface area contributed by atoms with Crippen LogP contribution >= 0.6 is 0 Å². The average Bonchev–Trinajstić information content (AvgIpc) is 2.29. The van der Waals surface area contributed by atoms with E-state index in [1.165, 1.54) is 12.1 Å². The summed E-state index contributed by atoms with van der Waals surface area (Å²) in [4.78, 5) is 0. The molecule has 0 aliphatic heterocycles. The number of nitrogens with one attached hydrogen (secondary N) is 1. The van der Waals surface area contributed by atoms with Crippen molar-refractivity contribution in [3.8, 4) is 5.75 Å². The molecule has 0 spiro atoms. The fraction of sp³-hybridized carbons (Fsp3) is 0.538. The second kappa shape index (κ2) is 6.64. The Morgan fingerprint density at radius 3 is 2.33 bits per heavy atom. The van der Waals surface area contributed by atoms with Crippen molar-refractivity contribution >= 4 is 0 Å². The second-order valence-electron chi connectivity index (χ2n) is 4.20. The van der Waals surface area contributed by atoms with Crippen LogP contribution in [0.5, 0.6) is 5.75 Å². The molecule has 0 saturated carbocycles. The summed E-state index contributed by atoms with van der Waals surface area (Å²) in [7, 11) is 1.88. The van der Waals surface area contributed by atoms with Gasteiger partial charge in [-0.3, -0.25) is 0 Å². The van der Waals surface area contributed by atoms with Gasteiger partial charge in [-0.15, -0.1) is 0 Å². The summed E-state index contributed by atoms with van der Waals surface area (Å²) in [5, 5.41) is 3.03. The van der Waals surface area contributed by atoms with E-state index in [4.69, 9.17) is 4.74 Å². The van der Waals surface area contributed by atoms with Crippen LogP contribution in [0.15, 0.2) is 24.3 Å². The topological polar surface area (TPSA) is 21.3 Å². The Morgan fingerprint density at radius 1 is 1.22 bits per heavy atom. The molecule has 1 rings (SSSR count). The van der Waals surface area contributed by atoms with Crippen LogP contribution in [-0.4, -0.2) is 19.7 Å².